The summed E-state index contributed by atoms with van der Waals surface area (Å²) in [6.45, 7) is 5.34. The molecule has 186 valence electrons. The second-order valence-corrected chi connectivity index (χ2v) is 11.3. The minimum Gasteiger partial charge on any atom is -0.338 e. The predicted molar refractivity (Wildman–Crippen MR) is 130 cm³/mol. The molecule has 1 N–H and O–H groups in total. The van der Waals surface area contributed by atoms with Gasteiger partial charge in [0.15, 0.2) is 0 Å². The molecule has 2 fully saturated rings. The number of halogens is 1. The van der Waals surface area contributed by atoms with Crippen molar-refractivity contribution >= 4 is 39.5 Å². The Kier molecular flexibility index (Phi) is 6.65. The Labute approximate surface area is 209 Å². The molecule has 0 saturated carbocycles. The van der Waals surface area contributed by atoms with Gasteiger partial charge in [-0.25, -0.2) is 13.2 Å². The zero-order valence-electron chi connectivity index (χ0n) is 19.7. The van der Waals surface area contributed by atoms with E-state index >= 15 is 0 Å². The van der Waals surface area contributed by atoms with Crippen molar-refractivity contribution in [3.05, 3.63) is 64.2 Å². The summed E-state index contributed by atoms with van der Waals surface area (Å²) in [7, 11) is -3.69. The molecule has 0 aliphatic carbocycles. The summed E-state index contributed by atoms with van der Waals surface area (Å²) in [5, 5.41) is 2.98. The van der Waals surface area contributed by atoms with Crippen LogP contribution in [0.25, 0.3) is 0 Å². The molecule has 0 unspecified atom stereocenters. The number of urea groups is 1. The van der Waals surface area contributed by atoms with Crippen molar-refractivity contribution in [1.29, 1.82) is 0 Å². The van der Waals surface area contributed by atoms with Gasteiger partial charge in [0.05, 0.1) is 4.90 Å². The van der Waals surface area contributed by atoms with Crippen LogP contribution in [0.1, 0.15) is 23.6 Å². The van der Waals surface area contributed by atoms with E-state index in [0.717, 1.165) is 10.5 Å². The molecule has 35 heavy (non-hydrogen) atoms. The smallest absolute Gasteiger partial charge is 0.325 e. The molecular weight excluding hydrogens is 492 g/mol. The molecule has 2 aromatic rings. The maximum absolute atomic E-state index is 13.1. The number of imide groups is 1. The van der Waals surface area contributed by atoms with Gasteiger partial charge in [-0.3, -0.25) is 14.5 Å². The summed E-state index contributed by atoms with van der Waals surface area (Å²) in [4.78, 5) is 41.3. The van der Waals surface area contributed by atoms with Gasteiger partial charge in [0.25, 0.3) is 5.91 Å². The van der Waals surface area contributed by atoms with Crippen LogP contribution in [0.3, 0.4) is 0 Å². The molecule has 0 bridgehead atoms. The lowest BCUT2D eigenvalue weighted by Crippen LogP contribution is -2.53. The standard InChI is InChI=1S/C24H27ClN4O5S/c1-16-8-9-20(17(2)14-16)35(33,34)28-12-10-27(11-13-28)21(30)15-29-22(31)24(3,26-23(29)32)18-6-4-5-7-19(18)25/h4-9,14H,10-13,15H2,1-3H3,(H,26,32)/t24-/m1/s1. The van der Waals surface area contributed by atoms with Crippen LogP contribution in [-0.2, 0) is 25.2 Å². The van der Waals surface area contributed by atoms with Crippen LogP contribution < -0.4 is 5.32 Å². The van der Waals surface area contributed by atoms with Crippen LogP contribution in [-0.4, -0.2) is 73.1 Å². The van der Waals surface area contributed by atoms with Crippen molar-refractivity contribution in [3.8, 4) is 0 Å². The summed E-state index contributed by atoms with van der Waals surface area (Å²) in [5.74, 6) is -1.000. The number of amides is 4. The van der Waals surface area contributed by atoms with Crippen molar-refractivity contribution in [2.45, 2.75) is 31.2 Å². The van der Waals surface area contributed by atoms with E-state index in [0.29, 0.717) is 16.1 Å². The monoisotopic (exact) mass is 518 g/mol. The van der Waals surface area contributed by atoms with E-state index in [1.807, 2.05) is 13.0 Å². The van der Waals surface area contributed by atoms with Crippen LogP contribution in [0.5, 0.6) is 0 Å². The van der Waals surface area contributed by atoms with E-state index < -0.39 is 40.0 Å². The number of hydrogen-bond donors (Lipinski definition) is 1. The van der Waals surface area contributed by atoms with Gasteiger partial charge in [-0.2, -0.15) is 4.31 Å². The average Bonchev–Trinajstić information content (AvgIpc) is 3.02. The molecule has 2 aliphatic heterocycles. The number of nitrogens with zero attached hydrogens (tertiary/aromatic N) is 3. The Balaban J connectivity index is 1.42. The van der Waals surface area contributed by atoms with Crippen LogP contribution >= 0.6 is 11.6 Å². The largest absolute Gasteiger partial charge is 0.338 e. The van der Waals surface area contributed by atoms with E-state index in [1.165, 1.54) is 9.21 Å². The molecule has 2 aliphatic rings. The lowest BCUT2D eigenvalue weighted by molar-refractivity contribution is -0.139. The quantitative estimate of drug-likeness (QED) is 0.611. The number of sulfonamides is 1. The topological polar surface area (TPSA) is 107 Å². The summed E-state index contributed by atoms with van der Waals surface area (Å²) >= 11 is 6.24. The zero-order chi connectivity index (χ0) is 25.5. The fraction of sp³-hybridized carbons (Fsp3) is 0.375. The molecule has 4 amide bonds. The van der Waals surface area contributed by atoms with Crippen molar-refractivity contribution in [3.63, 3.8) is 0 Å². The number of benzene rings is 2. The summed E-state index contributed by atoms with van der Waals surface area (Å²) < 4.78 is 27.6. The zero-order valence-corrected chi connectivity index (χ0v) is 21.3. The number of aryl methyl sites for hydroxylation is 2. The Morgan fingerprint density at radius 1 is 1.06 bits per heavy atom. The number of rotatable bonds is 5. The molecule has 2 aromatic carbocycles. The first-order valence-corrected chi connectivity index (χ1v) is 13.0. The Bertz CT molecular complexity index is 1310. The molecule has 0 radical (unpaired) electrons. The fourth-order valence-corrected chi connectivity index (χ4v) is 6.48. The summed E-state index contributed by atoms with van der Waals surface area (Å²) in [5.41, 5.74) is 0.709. The van der Waals surface area contributed by atoms with Gasteiger partial charge in [0, 0.05) is 36.8 Å². The minimum atomic E-state index is -3.69. The van der Waals surface area contributed by atoms with E-state index in [9.17, 15) is 22.8 Å². The number of piperazine rings is 1. The van der Waals surface area contributed by atoms with E-state index in [1.54, 1.807) is 50.2 Å². The average molecular weight is 519 g/mol. The van der Waals surface area contributed by atoms with Crippen LogP contribution in [0.2, 0.25) is 5.02 Å². The number of nitrogens with one attached hydrogen (secondary N) is 1. The second-order valence-electron chi connectivity index (χ2n) is 8.98. The van der Waals surface area contributed by atoms with Gasteiger partial charge in [0.2, 0.25) is 15.9 Å². The van der Waals surface area contributed by atoms with Gasteiger partial charge in [-0.05, 0) is 38.5 Å². The molecule has 2 heterocycles. The Hall–Kier alpha value is -2.95. The van der Waals surface area contributed by atoms with Gasteiger partial charge in [0.1, 0.15) is 12.1 Å². The van der Waals surface area contributed by atoms with E-state index in [2.05, 4.69) is 5.32 Å². The van der Waals surface area contributed by atoms with Crippen molar-refractivity contribution in [2.24, 2.45) is 0 Å². The van der Waals surface area contributed by atoms with Crippen molar-refractivity contribution < 1.29 is 22.8 Å². The first-order valence-electron chi connectivity index (χ1n) is 11.2. The fourth-order valence-electron chi connectivity index (χ4n) is 4.53. The lowest BCUT2D eigenvalue weighted by atomic mass is 9.92. The third-order valence-electron chi connectivity index (χ3n) is 6.52. The van der Waals surface area contributed by atoms with Crippen molar-refractivity contribution in [1.82, 2.24) is 19.4 Å². The maximum atomic E-state index is 13.1. The molecule has 11 heteroatoms. The van der Waals surface area contributed by atoms with Crippen LogP contribution in [0, 0.1) is 13.8 Å². The highest BCUT2D eigenvalue weighted by Crippen LogP contribution is 2.33. The molecule has 4 rings (SSSR count). The van der Waals surface area contributed by atoms with Crippen LogP contribution in [0.15, 0.2) is 47.4 Å². The van der Waals surface area contributed by atoms with Gasteiger partial charge in [-0.1, -0.05) is 47.5 Å². The number of hydrogen-bond acceptors (Lipinski definition) is 5. The molecule has 0 aromatic heterocycles. The highest BCUT2D eigenvalue weighted by Gasteiger charge is 2.50. The van der Waals surface area contributed by atoms with Crippen molar-refractivity contribution in [2.75, 3.05) is 32.7 Å². The summed E-state index contributed by atoms with van der Waals surface area (Å²) in [6.07, 6.45) is 0. The Morgan fingerprint density at radius 3 is 2.34 bits per heavy atom. The van der Waals surface area contributed by atoms with Gasteiger partial charge in [-0.15, -0.1) is 0 Å². The minimum absolute atomic E-state index is 0.124. The first kappa shape index (κ1) is 25.2. The predicted octanol–water partition coefficient (Wildman–Crippen LogP) is 2.26. The summed E-state index contributed by atoms with van der Waals surface area (Å²) in [6, 6.07) is 11.2. The SMILES string of the molecule is Cc1ccc(S(=O)(=O)N2CCN(C(=O)CN3C(=O)N[C@](C)(c4ccccc4Cl)C3=O)CC2)c(C)c1. The highest BCUT2D eigenvalue weighted by molar-refractivity contribution is 7.89. The van der Waals surface area contributed by atoms with E-state index in [4.69, 9.17) is 11.6 Å². The second kappa shape index (κ2) is 9.25. The highest BCUT2D eigenvalue weighted by atomic mass is 35.5. The van der Waals surface area contributed by atoms with E-state index in [-0.39, 0.29) is 31.1 Å². The third kappa shape index (κ3) is 4.53. The lowest BCUT2D eigenvalue weighted by Gasteiger charge is -2.34. The molecule has 9 nitrogen and oxygen atoms in total. The molecule has 2 saturated heterocycles. The Morgan fingerprint density at radius 2 is 1.71 bits per heavy atom. The first-order chi connectivity index (χ1) is 16.4. The number of carbonyl (C=O) groups is 3. The normalized spacial score (nSPS) is 21.4. The number of carbonyl (C=O) groups excluding carboxylic acids is 3. The molecular formula is C24H27ClN4O5S. The molecule has 1 atom stereocenters. The van der Waals surface area contributed by atoms with Gasteiger partial charge < -0.3 is 10.2 Å². The third-order valence-corrected chi connectivity index (χ3v) is 8.91. The maximum Gasteiger partial charge on any atom is 0.325 e. The van der Waals surface area contributed by atoms with Gasteiger partial charge >= 0.3 is 6.03 Å². The van der Waals surface area contributed by atoms with Crippen LogP contribution in [0.4, 0.5) is 4.79 Å². The molecule has 0 spiro atoms.